The molecular formula is C17H25N3O4. The molecule has 7 nitrogen and oxygen atoms in total. The summed E-state index contributed by atoms with van der Waals surface area (Å²) in [6.45, 7) is 5.76. The van der Waals surface area contributed by atoms with Crippen LogP contribution in [0.1, 0.15) is 43.5 Å². The Morgan fingerprint density at radius 3 is 2.62 bits per heavy atom. The van der Waals surface area contributed by atoms with Gasteiger partial charge < -0.3 is 15.3 Å². The number of rotatable bonds is 7. The van der Waals surface area contributed by atoms with Crippen LogP contribution in [-0.2, 0) is 0 Å². The third kappa shape index (κ3) is 4.44. The Morgan fingerprint density at radius 1 is 1.38 bits per heavy atom. The first-order valence-corrected chi connectivity index (χ1v) is 8.40. The molecule has 1 atom stereocenters. The van der Waals surface area contributed by atoms with Crippen molar-refractivity contribution < 1.29 is 14.8 Å². The molecule has 2 rings (SSSR count). The Balaban J connectivity index is 2.06. The molecule has 7 heteroatoms. The largest absolute Gasteiger partial charge is 0.393 e. The maximum atomic E-state index is 12.2. The van der Waals surface area contributed by atoms with Gasteiger partial charge in [0.1, 0.15) is 5.69 Å². The van der Waals surface area contributed by atoms with Crippen LogP contribution in [0.3, 0.4) is 0 Å². The topological polar surface area (TPSA) is 95.7 Å². The van der Waals surface area contributed by atoms with Gasteiger partial charge in [-0.25, -0.2) is 0 Å². The van der Waals surface area contributed by atoms with Crippen LogP contribution in [0.15, 0.2) is 18.2 Å². The number of carbonyl (C=O) groups excluding carboxylic acids is 1. The van der Waals surface area contributed by atoms with E-state index >= 15 is 0 Å². The summed E-state index contributed by atoms with van der Waals surface area (Å²) in [6, 6.07) is 4.61. The van der Waals surface area contributed by atoms with Gasteiger partial charge in [0.2, 0.25) is 0 Å². The van der Waals surface area contributed by atoms with E-state index in [9.17, 15) is 20.0 Å². The highest BCUT2D eigenvalue weighted by atomic mass is 16.6. The maximum absolute atomic E-state index is 12.2. The van der Waals surface area contributed by atoms with E-state index in [1.807, 2.05) is 18.7 Å². The lowest BCUT2D eigenvalue weighted by molar-refractivity contribution is -0.384. The second-order valence-corrected chi connectivity index (χ2v) is 6.51. The smallest absolute Gasteiger partial charge is 0.293 e. The quantitative estimate of drug-likeness (QED) is 0.589. The van der Waals surface area contributed by atoms with Gasteiger partial charge in [-0.05, 0) is 37.3 Å². The van der Waals surface area contributed by atoms with Gasteiger partial charge in [0, 0.05) is 31.3 Å². The fraction of sp³-hybridized carbons (Fsp3) is 0.588. The van der Waals surface area contributed by atoms with E-state index in [0.29, 0.717) is 18.7 Å². The number of hydrogen-bond donors (Lipinski definition) is 2. The molecule has 1 aromatic rings. The van der Waals surface area contributed by atoms with Crippen LogP contribution in [0.4, 0.5) is 11.4 Å². The molecule has 1 aliphatic heterocycles. The maximum Gasteiger partial charge on any atom is 0.293 e. The number of amides is 1. The molecule has 1 aromatic carbocycles. The van der Waals surface area contributed by atoms with Gasteiger partial charge in [-0.15, -0.1) is 0 Å². The first kappa shape index (κ1) is 18.2. The molecule has 1 saturated heterocycles. The summed E-state index contributed by atoms with van der Waals surface area (Å²) in [7, 11) is 0. The number of anilines is 1. The van der Waals surface area contributed by atoms with E-state index < -0.39 is 11.0 Å². The predicted molar refractivity (Wildman–Crippen MR) is 92.3 cm³/mol. The van der Waals surface area contributed by atoms with Crippen LogP contribution in [0.5, 0.6) is 0 Å². The minimum Gasteiger partial charge on any atom is -0.393 e. The molecule has 1 heterocycles. The Morgan fingerprint density at radius 2 is 2.04 bits per heavy atom. The summed E-state index contributed by atoms with van der Waals surface area (Å²) >= 11 is 0. The number of benzene rings is 1. The summed E-state index contributed by atoms with van der Waals surface area (Å²) in [6.07, 6.45) is 2.03. The molecule has 0 bridgehead atoms. The van der Waals surface area contributed by atoms with Gasteiger partial charge in [0.25, 0.3) is 11.6 Å². The van der Waals surface area contributed by atoms with Crippen LogP contribution in [0.2, 0.25) is 0 Å². The van der Waals surface area contributed by atoms with E-state index in [1.165, 1.54) is 6.07 Å². The van der Waals surface area contributed by atoms with Crippen LogP contribution < -0.4 is 10.2 Å². The lowest BCUT2D eigenvalue weighted by Crippen LogP contribution is -2.29. The zero-order valence-electron chi connectivity index (χ0n) is 14.2. The van der Waals surface area contributed by atoms with Crippen LogP contribution >= 0.6 is 0 Å². The van der Waals surface area contributed by atoms with E-state index in [-0.39, 0.29) is 23.1 Å². The number of hydrogen-bond acceptors (Lipinski definition) is 5. The molecule has 1 aliphatic rings. The molecule has 0 aliphatic carbocycles. The summed E-state index contributed by atoms with van der Waals surface area (Å²) in [5.41, 5.74) is 0.805. The van der Waals surface area contributed by atoms with Crippen molar-refractivity contribution in [2.45, 2.75) is 39.2 Å². The van der Waals surface area contributed by atoms with Crippen LogP contribution in [0.25, 0.3) is 0 Å². The third-order valence-corrected chi connectivity index (χ3v) is 4.38. The highest BCUT2D eigenvalue weighted by Crippen LogP contribution is 2.31. The first-order chi connectivity index (χ1) is 11.4. The average Bonchev–Trinajstić information content (AvgIpc) is 3.08. The Labute approximate surface area is 141 Å². The SMILES string of the molecule is CC(C)C(O)CCNC(=O)c1ccc(N2CCCC2)c([N+](=O)[O-])c1. The number of aliphatic hydroxyl groups is 1. The van der Waals surface area contributed by atoms with Crippen molar-refractivity contribution in [1.82, 2.24) is 5.32 Å². The third-order valence-electron chi connectivity index (χ3n) is 4.38. The Bertz CT molecular complexity index is 597. The molecule has 0 radical (unpaired) electrons. The zero-order valence-corrected chi connectivity index (χ0v) is 14.2. The van der Waals surface area contributed by atoms with Crippen molar-refractivity contribution >= 4 is 17.3 Å². The highest BCUT2D eigenvalue weighted by Gasteiger charge is 2.23. The number of nitrogens with one attached hydrogen (secondary N) is 1. The molecule has 24 heavy (non-hydrogen) atoms. The normalized spacial score (nSPS) is 15.6. The van der Waals surface area contributed by atoms with E-state index in [4.69, 9.17) is 0 Å². The van der Waals surface area contributed by atoms with Crippen molar-refractivity contribution in [2.24, 2.45) is 5.92 Å². The van der Waals surface area contributed by atoms with Crippen molar-refractivity contribution in [3.63, 3.8) is 0 Å². The lowest BCUT2D eigenvalue weighted by atomic mass is 10.0. The number of nitro groups is 1. The van der Waals surface area contributed by atoms with Crippen molar-refractivity contribution in [1.29, 1.82) is 0 Å². The van der Waals surface area contributed by atoms with Gasteiger partial charge in [-0.3, -0.25) is 14.9 Å². The minimum absolute atomic E-state index is 0.0354. The van der Waals surface area contributed by atoms with E-state index in [1.54, 1.807) is 12.1 Å². The molecule has 0 spiro atoms. The fourth-order valence-corrected chi connectivity index (χ4v) is 2.81. The summed E-state index contributed by atoms with van der Waals surface area (Å²) < 4.78 is 0. The number of aliphatic hydroxyl groups excluding tert-OH is 1. The molecule has 132 valence electrons. The zero-order chi connectivity index (χ0) is 17.7. The molecule has 1 unspecified atom stereocenters. The summed E-state index contributed by atoms with van der Waals surface area (Å²) in [5, 5.41) is 23.8. The standard InChI is InChI=1S/C17H25N3O4/c1-12(2)16(21)7-8-18-17(22)13-5-6-14(15(11-13)20(23)24)19-9-3-4-10-19/h5-6,11-12,16,21H,3-4,7-10H2,1-2H3,(H,18,22). The molecule has 2 N–H and O–H groups in total. The van der Waals surface area contributed by atoms with Gasteiger partial charge in [0.15, 0.2) is 0 Å². The number of nitro benzene ring substituents is 1. The molecule has 1 fully saturated rings. The summed E-state index contributed by atoms with van der Waals surface area (Å²) in [4.78, 5) is 25.1. The van der Waals surface area contributed by atoms with Crippen LogP contribution in [-0.4, -0.2) is 41.7 Å². The highest BCUT2D eigenvalue weighted by molar-refractivity contribution is 5.95. The van der Waals surface area contributed by atoms with Crippen molar-refractivity contribution in [3.8, 4) is 0 Å². The van der Waals surface area contributed by atoms with Crippen molar-refractivity contribution in [2.75, 3.05) is 24.5 Å². The molecule has 0 aromatic heterocycles. The van der Waals surface area contributed by atoms with Gasteiger partial charge in [0.05, 0.1) is 11.0 Å². The molecule has 1 amide bonds. The minimum atomic E-state index is -0.475. The van der Waals surface area contributed by atoms with Gasteiger partial charge in [-0.2, -0.15) is 0 Å². The Kier molecular flexibility index (Phi) is 6.14. The molecular weight excluding hydrogens is 310 g/mol. The van der Waals surface area contributed by atoms with Crippen molar-refractivity contribution in [3.05, 3.63) is 33.9 Å². The lowest BCUT2D eigenvalue weighted by Gasteiger charge is -2.18. The predicted octanol–water partition coefficient (Wildman–Crippen LogP) is 2.33. The second-order valence-electron chi connectivity index (χ2n) is 6.51. The molecule has 0 saturated carbocycles. The summed E-state index contributed by atoms with van der Waals surface area (Å²) in [5.74, 6) is -0.232. The second kappa shape index (κ2) is 8.10. The van der Waals surface area contributed by atoms with E-state index in [2.05, 4.69) is 5.32 Å². The van der Waals surface area contributed by atoms with Crippen LogP contribution in [0, 0.1) is 16.0 Å². The van der Waals surface area contributed by atoms with Gasteiger partial charge in [-0.1, -0.05) is 13.8 Å². The average molecular weight is 335 g/mol. The Hall–Kier alpha value is -2.15. The first-order valence-electron chi connectivity index (χ1n) is 8.40. The van der Waals surface area contributed by atoms with Gasteiger partial charge >= 0.3 is 0 Å². The van der Waals surface area contributed by atoms with E-state index in [0.717, 1.165) is 25.9 Å². The number of nitrogens with zero attached hydrogens (tertiary/aromatic N) is 2. The monoisotopic (exact) mass is 335 g/mol. The fourth-order valence-electron chi connectivity index (χ4n) is 2.81. The number of carbonyl (C=O) groups is 1.